The van der Waals surface area contributed by atoms with Crippen LogP contribution in [-0.4, -0.2) is 33.9 Å². The van der Waals surface area contributed by atoms with Gasteiger partial charge in [-0.25, -0.2) is 13.8 Å². The lowest BCUT2D eigenvalue weighted by Crippen LogP contribution is -2.42. The van der Waals surface area contributed by atoms with Crippen LogP contribution in [0.25, 0.3) is 0 Å². The Hall–Kier alpha value is -2.57. The molecule has 1 fully saturated rings. The van der Waals surface area contributed by atoms with E-state index < -0.39 is 17.2 Å². The number of aromatic amines is 1. The van der Waals surface area contributed by atoms with E-state index in [1.165, 1.54) is 18.3 Å². The molecule has 1 aromatic carbocycles. The summed E-state index contributed by atoms with van der Waals surface area (Å²) in [5.41, 5.74) is 0.114. The topological polar surface area (TPSA) is 66.1 Å². The molecule has 1 aliphatic heterocycles. The predicted octanol–water partition coefficient (Wildman–Crippen LogP) is 3.66. The highest BCUT2D eigenvalue weighted by atomic mass is 19.1. The van der Waals surface area contributed by atoms with Crippen LogP contribution in [0, 0.1) is 17.6 Å². The first-order chi connectivity index (χ1) is 13.3. The Balaban J connectivity index is 1.64. The van der Waals surface area contributed by atoms with Crippen LogP contribution >= 0.6 is 0 Å². The van der Waals surface area contributed by atoms with Crippen molar-refractivity contribution in [3.05, 3.63) is 63.3 Å². The minimum absolute atomic E-state index is 0.0506. The van der Waals surface area contributed by atoms with Crippen LogP contribution in [0.2, 0.25) is 0 Å². The molecule has 0 radical (unpaired) electrons. The number of rotatable bonds is 5. The largest absolute Gasteiger partial charge is 0.338 e. The highest BCUT2D eigenvalue weighted by Gasteiger charge is 2.26. The summed E-state index contributed by atoms with van der Waals surface area (Å²) in [6, 6.07) is 3.62. The maximum atomic E-state index is 13.8. The highest BCUT2D eigenvalue weighted by Crippen LogP contribution is 2.23. The van der Waals surface area contributed by atoms with Crippen molar-refractivity contribution in [1.82, 2.24) is 14.9 Å². The van der Waals surface area contributed by atoms with Gasteiger partial charge in [-0.3, -0.25) is 9.59 Å². The third kappa shape index (κ3) is 4.64. The molecule has 0 aliphatic carbocycles. The lowest BCUT2D eigenvalue weighted by Gasteiger charge is -2.32. The number of aryl methyl sites for hydroxylation is 1. The van der Waals surface area contributed by atoms with Crippen LogP contribution in [0.3, 0.4) is 0 Å². The van der Waals surface area contributed by atoms with Gasteiger partial charge in [-0.2, -0.15) is 0 Å². The number of benzene rings is 1. The van der Waals surface area contributed by atoms with Crippen molar-refractivity contribution >= 4 is 5.91 Å². The van der Waals surface area contributed by atoms with Crippen LogP contribution in [0.4, 0.5) is 8.78 Å². The molecule has 2 heterocycles. The van der Waals surface area contributed by atoms with E-state index in [9.17, 15) is 18.4 Å². The van der Waals surface area contributed by atoms with Crippen molar-refractivity contribution in [2.45, 2.75) is 45.4 Å². The summed E-state index contributed by atoms with van der Waals surface area (Å²) >= 11 is 0. The summed E-state index contributed by atoms with van der Waals surface area (Å²) in [5.74, 6) is -0.599. The number of piperidine rings is 1. The van der Waals surface area contributed by atoms with Gasteiger partial charge in [0, 0.05) is 31.3 Å². The number of nitrogens with one attached hydrogen (secondary N) is 1. The summed E-state index contributed by atoms with van der Waals surface area (Å²) in [6.07, 6.45) is 4.32. The van der Waals surface area contributed by atoms with Gasteiger partial charge >= 0.3 is 0 Å². The molecule has 0 saturated carbocycles. The first-order valence-corrected chi connectivity index (χ1v) is 9.67. The summed E-state index contributed by atoms with van der Waals surface area (Å²) in [6.45, 7) is 4.94. The number of nitrogens with zero attached hydrogens (tertiary/aromatic N) is 2. The van der Waals surface area contributed by atoms with Gasteiger partial charge in [0.2, 0.25) is 0 Å². The molecule has 2 aromatic rings. The van der Waals surface area contributed by atoms with E-state index >= 15 is 0 Å². The smallest absolute Gasteiger partial charge is 0.263 e. The quantitative estimate of drug-likeness (QED) is 0.849. The number of likely N-dealkylation sites (tertiary alicyclic amines) is 1. The van der Waals surface area contributed by atoms with Crippen molar-refractivity contribution in [3.8, 4) is 0 Å². The fourth-order valence-electron chi connectivity index (χ4n) is 3.59. The van der Waals surface area contributed by atoms with Gasteiger partial charge in [0.15, 0.2) is 0 Å². The Bertz CT molecular complexity index is 911. The number of amides is 1. The average Bonchev–Trinajstić information content (AvgIpc) is 2.67. The molecule has 3 rings (SSSR count). The molecule has 1 amide bonds. The zero-order valence-electron chi connectivity index (χ0n) is 16.2. The molecule has 0 unspecified atom stereocenters. The molecule has 150 valence electrons. The first kappa shape index (κ1) is 20.2. The maximum Gasteiger partial charge on any atom is 0.263 e. The van der Waals surface area contributed by atoms with E-state index in [1.807, 2.05) is 13.8 Å². The Morgan fingerprint density at radius 1 is 1.36 bits per heavy atom. The zero-order chi connectivity index (χ0) is 20.3. The van der Waals surface area contributed by atoms with Gasteiger partial charge in [-0.1, -0.05) is 19.9 Å². The summed E-state index contributed by atoms with van der Waals surface area (Å²) in [7, 11) is 0. The number of aromatic nitrogens is 2. The molecular weight excluding hydrogens is 364 g/mol. The standard InChI is InChI=1S/C21H25F2N3O2/c1-13(2)19-24-11-17(20(27)25-19)21(28)26-9-3-4-14(12-26)5-6-15-7-8-16(22)10-18(15)23/h7-8,10-11,13-14H,3-6,9,12H2,1-2H3,(H,24,25,27)/t14-/m0/s1. The Labute approximate surface area is 162 Å². The number of carbonyl (C=O) groups excluding carboxylic acids is 1. The number of H-pyrrole nitrogens is 1. The van der Waals surface area contributed by atoms with Crippen LogP contribution in [0.1, 0.15) is 60.8 Å². The summed E-state index contributed by atoms with van der Waals surface area (Å²) in [5, 5.41) is 0. The first-order valence-electron chi connectivity index (χ1n) is 9.67. The molecule has 0 spiro atoms. The Kier molecular flexibility index (Phi) is 6.21. The summed E-state index contributed by atoms with van der Waals surface area (Å²) in [4.78, 5) is 33.6. The second-order valence-electron chi connectivity index (χ2n) is 7.70. The molecule has 1 N–H and O–H groups in total. The highest BCUT2D eigenvalue weighted by molar-refractivity contribution is 5.93. The number of hydrogen-bond acceptors (Lipinski definition) is 3. The third-order valence-electron chi connectivity index (χ3n) is 5.24. The van der Waals surface area contributed by atoms with Gasteiger partial charge in [0.25, 0.3) is 11.5 Å². The van der Waals surface area contributed by atoms with Crippen molar-refractivity contribution < 1.29 is 13.6 Å². The van der Waals surface area contributed by atoms with Crippen molar-refractivity contribution in [2.75, 3.05) is 13.1 Å². The Morgan fingerprint density at radius 3 is 2.82 bits per heavy atom. The Morgan fingerprint density at radius 2 is 2.14 bits per heavy atom. The van der Waals surface area contributed by atoms with E-state index in [4.69, 9.17) is 0 Å². The van der Waals surface area contributed by atoms with Gasteiger partial charge in [0.05, 0.1) is 0 Å². The van der Waals surface area contributed by atoms with Crippen molar-refractivity contribution in [3.63, 3.8) is 0 Å². The van der Waals surface area contributed by atoms with Crippen LogP contribution < -0.4 is 5.56 Å². The molecule has 1 aliphatic rings. The second-order valence-corrected chi connectivity index (χ2v) is 7.70. The molecule has 1 atom stereocenters. The van der Waals surface area contributed by atoms with Gasteiger partial charge < -0.3 is 9.88 Å². The normalized spacial score (nSPS) is 17.2. The van der Waals surface area contributed by atoms with E-state index in [1.54, 1.807) is 4.90 Å². The predicted molar refractivity (Wildman–Crippen MR) is 102 cm³/mol. The SMILES string of the molecule is CC(C)c1ncc(C(=O)N2CCC[C@@H](CCc3ccc(F)cc3F)C2)c(=O)[nH]1. The van der Waals surface area contributed by atoms with E-state index in [2.05, 4.69) is 9.97 Å². The van der Waals surface area contributed by atoms with Crippen LogP contribution in [0.5, 0.6) is 0 Å². The lowest BCUT2D eigenvalue weighted by atomic mass is 9.91. The minimum atomic E-state index is -0.585. The van der Waals surface area contributed by atoms with E-state index in [0.717, 1.165) is 18.9 Å². The number of hydrogen-bond donors (Lipinski definition) is 1. The number of halogens is 2. The molecule has 1 aromatic heterocycles. The monoisotopic (exact) mass is 389 g/mol. The van der Waals surface area contributed by atoms with Gasteiger partial charge in [-0.05, 0) is 43.2 Å². The zero-order valence-corrected chi connectivity index (χ0v) is 16.2. The van der Waals surface area contributed by atoms with Crippen molar-refractivity contribution in [1.29, 1.82) is 0 Å². The molecule has 7 heteroatoms. The van der Waals surface area contributed by atoms with E-state index in [0.29, 0.717) is 37.3 Å². The lowest BCUT2D eigenvalue weighted by molar-refractivity contribution is 0.0665. The molecular formula is C21H25F2N3O2. The van der Waals surface area contributed by atoms with Crippen LogP contribution in [0.15, 0.2) is 29.2 Å². The molecule has 0 bridgehead atoms. The molecule has 1 saturated heterocycles. The van der Waals surface area contributed by atoms with E-state index in [-0.39, 0.29) is 23.3 Å². The van der Waals surface area contributed by atoms with Crippen LogP contribution in [-0.2, 0) is 6.42 Å². The molecule has 5 nitrogen and oxygen atoms in total. The average molecular weight is 389 g/mol. The fourth-order valence-corrected chi connectivity index (χ4v) is 3.59. The molecule has 28 heavy (non-hydrogen) atoms. The van der Waals surface area contributed by atoms with Crippen molar-refractivity contribution in [2.24, 2.45) is 5.92 Å². The van der Waals surface area contributed by atoms with Gasteiger partial charge in [0.1, 0.15) is 23.0 Å². The van der Waals surface area contributed by atoms with Gasteiger partial charge in [-0.15, -0.1) is 0 Å². The summed E-state index contributed by atoms with van der Waals surface area (Å²) < 4.78 is 26.8. The minimum Gasteiger partial charge on any atom is -0.338 e. The maximum absolute atomic E-state index is 13.8. The fraction of sp³-hybridized carbons (Fsp3) is 0.476. The number of carbonyl (C=O) groups is 1. The third-order valence-corrected chi connectivity index (χ3v) is 5.24. The second kappa shape index (κ2) is 8.63.